The largest absolute Gasteiger partial charge is 0.373 e. The van der Waals surface area contributed by atoms with Crippen molar-refractivity contribution in [3.8, 4) is 0 Å². The maximum Gasteiger partial charge on any atom is 0.0678 e. The Labute approximate surface area is 155 Å². The van der Waals surface area contributed by atoms with Crippen LogP contribution >= 0.6 is 12.4 Å². The van der Waals surface area contributed by atoms with Crippen molar-refractivity contribution in [2.45, 2.75) is 72.0 Å². The second-order valence-corrected chi connectivity index (χ2v) is 8.22. The number of ether oxygens (including phenoxy) is 1. The Morgan fingerprint density at radius 3 is 2.17 bits per heavy atom. The van der Waals surface area contributed by atoms with Crippen LogP contribution in [0.4, 0.5) is 0 Å². The lowest BCUT2D eigenvalue weighted by Gasteiger charge is -2.36. The minimum atomic E-state index is 0. The third kappa shape index (κ3) is 6.06. The van der Waals surface area contributed by atoms with Crippen molar-refractivity contribution in [3.05, 3.63) is 35.4 Å². The Balaban J connectivity index is 0.00000288. The Hall–Kier alpha value is -0.570. The molecule has 1 aromatic rings. The number of rotatable bonds is 6. The first-order valence-electron chi connectivity index (χ1n) is 9.27. The minimum Gasteiger partial charge on any atom is -0.373 e. The van der Waals surface area contributed by atoms with Gasteiger partial charge in [-0.1, -0.05) is 52.0 Å². The van der Waals surface area contributed by atoms with Gasteiger partial charge in [0.05, 0.1) is 12.2 Å². The standard InChI is InChI=1S/C21H35NO.ClH/c1-7-21(5,6)20-10-8-19(9-11-20)12-16(2)13-22-14-17(3)23-18(4)15-22;/h8-11,16-18H,7,12-15H2,1-6H3;1H/t16-,17-,18+;/m0./s1. The van der Waals surface area contributed by atoms with Gasteiger partial charge in [0.25, 0.3) is 0 Å². The van der Waals surface area contributed by atoms with Crippen LogP contribution in [0.25, 0.3) is 0 Å². The van der Waals surface area contributed by atoms with Crippen molar-refractivity contribution in [2.24, 2.45) is 5.92 Å². The molecule has 0 N–H and O–H groups in total. The number of benzene rings is 1. The van der Waals surface area contributed by atoms with Gasteiger partial charge in [-0.3, -0.25) is 4.90 Å². The summed E-state index contributed by atoms with van der Waals surface area (Å²) in [5.41, 5.74) is 3.19. The van der Waals surface area contributed by atoms with Gasteiger partial charge < -0.3 is 4.74 Å². The van der Waals surface area contributed by atoms with Crippen molar-refractivity contribution in [2.75, 3.05) is 19.6 Å². The summed E-state index contributed by atoms with van der Waals surface area (Å²) in [6, 6.07) is 9.30. The van der Waals surface area contributed by atoms with Crippen molar-refractivity contribution in [1.82, 2.24) is 4.90 Å². The lowest BCUT2D eigenvalue weighted by atomic mass is 9.82. The van der Waals surface area contributed by atoms with E-state index in [1.807, 2.05) is 0 Å². The zero-order valence-electron chi connectivity index (χ0n) is 16.3. The fourth-order valence-corrected chi connectivity index (χ4v) is 3.64. The number of halogens is 1. The molecule has 24 heavy (non-hydrogen) atoms. The Morgan fingerprint density at radius 2 is 1.67 bits per heavy atom. The molecule has 138 valence electrons. The molecule has 1 aliphatic heterocycles. The first-order chi connectivity index (χ1) is 10.8. The van der Waals surface area contributed by atoms with Gasteiger partial charge in [-0.15, -0.1) is 12.4 Å². The van der Waals surface area contributed by atoms with Gasteiger partial charge in [-0.2, -0.15) is 0 Å². The fourth-order valence-electron chi connectivity index (χ4n) is 3.64. The molecule has 0 bridgehead atoms. The molecule has 3 atom stereocenters. The number of nitrogens with zero attached hydrogens (tertiary/aromatic N) is 1. The van der Waals surface area contributed by atoms with Crippen LogP contribution in [0.2, 0.25) is 0 Å². The van der Waals surface area contributed by atoms with Crippen LogP contribution in [0.1, 0.15) is 59.1 Å². The van der Waals surface area contributed by atoms with Gasteiger partial charge in [0.2, 0.25) is 0 Å². The minimum absolute atomic E-state index is 0. The molecule has 0 spiro atoms. The van der Waals surface area contributed by atoms with Crippen molar-refractivity contribution in [1.29, 1.82) is 0 Å². The highest BCUT2D eigenvalue weighted by atomic mass is 35.5. The zero-order valence-corrected chi connectivity index (χ0v) is 17.2. The predicted octanol–water partition coefficient (Wildman–Crippen LogP) is 5.08. The molecule has 0 aliphatic carbocycles. The van der Waals surface area contributed by atoms with Crippen molar-refractivity contribution >= 4 is 12.4 Å². The SMILES string of the molecule is CCC(C)(C)c1ccc(C[C@H](C)CN2C[C@@H](C)O[C@@H](C)C2)cc1.Cl. The van der Waals surface area contributed by atoms with E-state index in [2.05, 4.69) is 70.7 Å². The molecule has 0 aromatic heterocycles. The third-order valence-electron chi connectivity index (χ3n) is 5.27. The van der Waals surface area contributed by atoms with E-state index in [0.717, 1.165) is 19.5 Å². The summed E-state index contributed by atoms with van der Waals surface area (Å²) < 4.78 is 5.83. The molecule has 1 aromatic carbocycles. The summed E-state index contributed by atoms with van der Waals surface area (Å²) >= 11 is 0. The quantitative estimate of drug-likeness (QED) is 0.706. The van der Waals surface area contributed by atoms with Gasteiger partial charge in [0.15, 0.2) is 0 Å². The topological polar surface area (TPSA) is 12.5 Å². The second-order valence-electron chi connectivity index (χ2n) is 8.22. The van der Waals surface area contributed by atoms with E-state index in [0.29, 0.717) is 18.1 Å². The van der Waals surface area contributed by atoms with E-state index < -0.39 is 0 Å². The summed E-state index contributed by atoms with van der Waals surface area (Å²) in [4.78, 5) is 2.57. The van der Waals surface area contributed by atoms with Gasteiger partial charge in [-0.25, -0.2) is 0 Å². The van der Waals surface area contributed by atoms with Crippen LogP contribution < -0.4 is 0 Å². The summed E-state index contributed by atoms with van der Waals surface area (Å²) in [6.07, 6.45) is 3.06. The molecule has 0 unspecified atom stereocenters. The van der Waals surface area contributed by atoms with Gasteiger partial charge >= 0.3 is 0 Å². The zero-order chi connectivity index (χ0) is 17.0. The van der Waals surface area contributed by atoms with Crippen molar-refractivity contribution in [3.63, 3.8) is 0 Å². The molecule has 0 radical (unpaired) electrons. The molecular weight excluding hydrogens is 318 g/mol. The van der Waals surface area contributed by atoms with Crippen LogP contribution in [0.15, 0.2) is 24.3 Å². The Kier molecular flexibility index (Phi) is 8.25. The molecule has 2 rings (SSSR count). The van der Waals surface area contributed by atoms with E-state index in [1.165, 1.54) is 24.1 Å². The summed E-state index contributed by atoms with van der Waals surface area (Å²) in [5.74, 6) is 0.678. The number of hydrogen-bond donors (Lipinski definition) is 0. The second kappa shape index (κ2) is 9.22. The lowest BCUT2D eigenvalue weighted by molar-refractivity contribution is -0.0708. The smallest absolute Gasteiger partial charge is 0.0678 e. The maximum atomic E-state index is 5.83. The molecule has 1 fully saturated rings. The van der Waals surface area contributed by atoms with Crippen molar-refractivity contribution < 1.29 is 4.74 Å². The van der Waals surface area contributed by atoms with E-state index in [1.54, 1.807) is 0 Å². The Morgan fingerprint density at radius 1 is 1.12 bits per heavy atom. The van der Waals surface area contributed by atoms with Crippen LogP contribution in [-0.2, 0) is 16.6 Å². The average molecular weight is 354 g/mol. The highest BCUT2D eigenvalue weighted by molar-refractivity contribution is 5.85. The predicted molar refractivity (Wildman–Crippen MR) is 106 cm³/mol. The molecule has 0 amide bonds. The van der Waals surface area contributed by atoms with Crippen LogP contribution in [0.5, 0.6) is 0 Å². The molecule has 1 aliphatic rings. The summed E-state index contributed by atoms with van der Waals surface area (Å²) in [5, 5.41) is 0. The summed E-state index contributed by atoms with van der Waals surface area (Å²) in [6.45, 7) is 17.0. The first kappa shape index (κ1) is 21.5. The monoisotopic (exact) mass is 353 g/mol. The number of hydrogen-bond acceptors (Lipinski definition) is 2. The van der Waals surface area contributed by atoms with E-state index in [-0.39, 0.29) is 17.8 Å². The molecule has 2 nitrogen and oxygen atoms in total. The maximum absolute atomic E-state index is 5.83. The Bertz CT molecular complexity index is 475. The van der Waals surface area contributed by atoms with Gasteiger partial charge in [-0.05, 0) is 49.1 Å². The molecule has 3 heteroatoms. The van der Waals surface area contributed by atoms with E-state index in [4.69, 9.17) is 4.74 Å². The highest BCUT2D eigenvalue weighted by Crippen LogP contribution is 2.27. The van der Waals surface area contributed by atoms with Crippen LogP contribution in [0, 0.1) is 5.92 Å². The molecule has 1 heterocycles. The molecule has 0 saturated carbocycles. The first-order valence-corrected chi connectivity index (χ1v) is 9.27. The normalized spacial score (nSPS) is 23.6. The number of morpholine rings is 1. The third-order valence-corrected chi connectivity index (χ3v) is 5.27. The lowest BCUT2D eigenvalue weighted by Crippen LogP contribution is -2.47. The van der Waals surface area contributed by atoms with E-state index >= 15 is 0 Å². The average Bonchev–Trinajstić information content (AvgIpc) is 2.46. The molecule has 1 saturated heterocycles. The van der Waals surface area contributed by atoms with Crippen LogP contribution in [-0.4, -0.2) is 36.7 Å². The van der Waals surface area contributed by atoms with Crippen LogP contribution in [0.3, 0.4) is 0 Å². The molecular formula is C21H36ClNO. The van der Waals surface area contributed by atoms with Gasteiger partial charge in [0.1, 0.15) is 0 Å². The van der Waals surface area contributed by atoms with E-state index in [9.17, 15) is 0 Å². The fraction of sp³-hybridized carbons (Fsp3) is 0.714. The summed E-state index contributed by atoms with van der Waals surface area (Å²) in [7, 11) is 0. The highest BCUT2D eigenvalue weighted by Gasteiger charge is 2.23. The van der Waals surface area contributed by atoms with Gasteiger partial charge in [0, 0.05) is 19.6 Å².